The molecule has 0 aliphatic carbocycles. The van der Waals surface area contributed by atoms with Gasteiger partial charge in [0.1, 0.15) is 9.21 Å². The summed E-state index contributed by atoms with van der Waals surface area (Å²) in [4.78, 5) is 8.98. The number of anilines is 1. The highest BCUT2D eigenvalue weighted by Gasteiger charge is 2.14. The van der Waals surface area contributed by atoms with Crippen molar-refractivity contribution in [2.75, 3.05) is 38.1 Å². The molecule has 2 heterocycles. The maximum Gasteiger partial charge on any atom is 0.109 e. The summed E-state index contributed by atoms with van der Waals surface area (Å²) in [5.41, 5.74) is 1.23. The summed E-state index contributed by atoms with van der Waals surface area (Å²) in [6, 6.07) is 4.13. The van der Waals surface area contributed by atoms with Crippen LogP contribution < -0.4 is 4.90 Å². The number of hydrogen-bond donors (Lipinski definition) is 0. The first kappa shape index (κ1) is 11.4. The molecule has 0 radical (unpaired) electrons. The van der Waals surface area contributed by atoms with E-state index in [-0.39, 0.29) is 0 Å². The number of rotatable bonds is 1. The van der Waals surface area contributed by atoms with Crippen molar-refractivity contribution in [1.82, 2.24) is 9.88 Å². The second-order valence-electron chi connectivity index (χ2n) is 3.76. The summed E-state index contributed by atoms with van der Waals surface area (Å²) >= 11 is 6.83. The van der Waals surface area contributed by atoms with Gasteiger partial charge in [0, 0.05) is 31.9 Å². The van der Waals surface area contributed by atoms with Crippen LogP contribution >= 0.6 is 31.9 Å². The average molecular weight is 335 g/mol. The standard InChI is InChI=1S/C10H13Br2N3/c1-14-2-4-15(5-3-14)8-6-9(11)13-10(12)7-8/h6-7H,2-5H2,1H3. The number of hydrogen-bond acceptors (Lipinski definition) is 3. The Morgan fingerprint density at radius 1 is 1.07 bits per heavy atom. The molecule has 5 heteroatoms. The van der Waals surface area contributed by atoms with Gasteiger partial charge in [0.2, 0.25) is 0 Å². The second-order valence-corrected chi connectivity index (χ2v) is 5.39. The van der Waals surface area contributed by atoms with E-state index >= 15 is 0 Å². The molecule has 0 atom stereocenters. The SMILES string of the molecule is CN1CCN(c2cc(Br)nc(Br)c2)CC1. The lowest BCUT2D eigenvalue weighted by Crippen LogP contribution is -2.44. The van der Waals surface area contributed by atoms with Gasteiger partial charge in [-0.05, 0) is 51.0 Å². The number of likely N-dealkylation sites (N-methyl/N-ethyl adjacent to an activating group) is 1. The predicted octanol–water partition coefficient (Wildman–Crippen LogP) is 2.36. The molecule has 1 aliphatic rings. The fourth-order valence-electron chi connectivity index (χ4n) is 1.70. The van der Waals surface area contributed by atoms with Gasteiger partial charge in [0.25, 0.3) is 0 Å². The maximum absolute atomic E-state index is 4.24. The van der Waals surface area contributed by atoms with Crippen molar-refractivity contribution >= 4 is 37.5 Å². The van der Waals surface area contributed by atoms with Crippen molar-refractivity contribution in [2.24, 2.45) is 0 Å². The number of aromatic nitrogens is 1. The Morgan fingerprint density at radius 2 is 1.60 bits per heavy atom. The van der Waals surface area contributed by atoms with Crippen LogP contribution in [0.25, 0.3) is 0 Å². The zero-order chi connectivity index (χ0) is 10.8. The van der Waals surface area contributed by atoms with Crippen molar-refractivity contribution in [1.29, 1.82) is 0 Å². The molecule has 2 rings (SSSR count). The molecule has 3 nitrogen and oxygen atoms in total. The fraction of sp³-hybridized carbons (Fsp3) is 0.500. The molecule has 0 saturated carbocycles. The molecular formula is C10H13Br2N3. The van der Waals surface area contributed by atoms with Gasteiger partial charge in [0.15, 0.2) is 0 Å². The minimum atomic E-state index is 0.880. The van der Waals surface area contributed by atoms with Gasteiger partial charge in [-0.3, -0.25) is 0 Å². The molecule has 0 spiro atoms. The minimum absolute atomic E-state index is 0.880. The van der Waals surface area contributed by atoms with E-state index in [0.717, 1.165) is 35.4 Å². The van der Waals surface area contributed by atoms with Crippen LogP contribution in [0.5, 0.6) is 0 Å². The molecule has 1 aromatic rings. The Kier molecular flexibility index (Phi) is 3.64. The molecular weight excluding hydrogens is 322 g/mol. The molecule has 1 fully saturated rings. The zero-order valence-corrected chi connectivity index (χ0v) is 11.8. The lowest BCUT2D eigenvalue weighted by molar-refractivity contribution is 0.313. The molecule has 1 saturated heterocycles. The highest BCUT2D eigenvalue weighted by atomic mass is 79.9. The predicted molar refractivity (Wildman–Crippen MR) is 69.3 cm³/mol. The van der Waals surface area contributed by atoms with Crippen LogP contribution in [0.3, 0.4) is 0 Å². The van der Waals surface area contributed by atoms with E-state index in [2.05, 4.69) is 65.8 Å². The van der Waals surface area contributed by atoms with Crippen LogP contribution in [-0.2, 0) is 0 Å². The summed E-state index contributed by atoms with van der Waals surface area (Å²) in [6.45, 7) is 4.41. The van der Waals surface area contributed by atoms with E-state index in [4.69, 9.17) is 0 Å². The van der Waals surface area contributed by atoms with E-state index in [0.29, 0.717) is 0 Å². The van der Waals surface area contributed by atoms with E-state index < -0.39 is 0 Å². The molecule has 0 amide bonds. The van der Waals surface area contributed by atoms with E-state index in [1.54, 1.807) is 0 Å². The smallest absolute Gasteiger partial charge is 0.109 e. The zero-order valence-electron chi connectivity index (χ0n) is 8.58. The monoisotopic (exact) mass is 333 g/mol. The summed E-state index contributed by atoms with van der Waals surface area (Å²) < 4.78 is 1.76. The van der Waals surface area contributed by atoms with Gasteiger partial charge in [-0.2, -0.15) is 0 Å². The summed E-state index contributed by atoms with van der Waals surface area (Å²) in [5, 5.41) is 0. The van der Waals surface area contributed by atoms with Crippen LogP contribution in [0.4, 0.5) is 5.69 Å². The number of halogens is 2. The first-order valence-electron chi connectivity index (χ1n) is 4.92. The molecule has 0 unspecified atom stereocenters. The third kappa shape index (κ3) is 2.92. The number of pyridine rings is 1. The molecule has 1 aliphatic heterocycles. The fourth-order valence-corrected chi connectivity index (χ4v) is 2.79. The van der Waals surface area contributed by atoms with Gasteiger partial charge >= 0.3 is 0 Å². The Balaban J connectivity index is 2.15. The summed E-state index contributed by atoms with van der Waals surface area (Å²) in [5.74, 6) is 0. The van der Waals surface area contributed by atoms with Crippen LogP contribution in [0, 0.1) is 0 Å². The van der Waals surface area contributed by atoms with Crippen molar-refractivity contribution in [3.63, 3.8) is 0 Å². The Bertz CT molecular complexity index is 328. The Morgan fingerprint density at radius 3 is 2.13 bits per heavy atom. The molecule has 0 N–H and O–H groups in total. The van der Waals surface area contributed by atoms with E-state index in [1.807, 2.05) is 0 Å². The first-order chi connectivity index (χ1) is 7.15. The van der Waals surface area contributed by atoms with Crippen molar-refractivity contribution in [3.05, 3.63) is 21.3 Å². The average Bonchev–Trinajstić information content (AvgIpc) is 2.17. The van der Waals surface area contributed by atoms with Gasteiger partial charge < -0.3 is 9.80 Å². The first-order valence-corrected chi connectivity index (χ1v) is 6.50. The van der Waals surface area contributed by atoms with Gasteiger partial charge in [-0.25, -0.2) is 4.98 Å². The third-order valence-corrected chi connectivity index (χ3v) is 3.43. The van der Waals surface area contributed by atoms with Crippen molar-refractivity contribution in [2.45, 2.75) is 0 Å². The van der Waals surface area contributed by atoms with Crippen LogP contribution in [0.15, 0.2) is 21.3 Å². The summed E-state index contributed by atoms with van der Waals surface area (Å²) in [7, 11) is 2.16. The molecule has 1 aromatic heterocycles. The lowest BCUT2D eigenvalue weighted by Gasteiger charge is -2.34. The molecule has 0 aromatic carbocycles. The van der Waals surface area contributed by atoms with Crippen LogP contribution in [0.1, 0.15) is 0 Å². The molecule has 82 valence electrons. The summed E-state index contributed by atoms with van der Waals surface area (Å²) in [6.07, 6.45) is 0. The lowest BCUT2D eigenvalue weighted by atomic mass is 10.3. The number of piperazine rings is 1. The van der Waals surface area contributed by atoms with Crippen LogP contribution in [-0.4, -0.2) is 43.1 Å². The largest absolute Gasteiger partial charge is 0.369 e. The van der Waals surface area contributed by atoms with E-state index in [9.17, 15) is 0 Å². The van der Waals surface area contributed by atoms with Gasteiger partial charge in [-0.15, -0.1) is 0 Å². The van der Waals surface area contributed by atoms with Gasteiger partial charge in [0.05, 0.1) is 0 Å². The van der Waals surface area contributed by atoms with Crippen molar-refractivity contribution in [3.8, 4) is 0 Å². The van der Waals surface area contributed by atoms with Crippen molar-refractivity contribution < 1.29 is 0 Å². The highest BCUT2D eigenvalue weighted by Crippen LogP contribution is 2.23. The van der Waals surface area contributed by atoms with E-state index in [1.165, 1.54) is 5.69 Å². The van der Waals surface area contributed by atoms with Crippen LogP contribution in [0.2, 0.25) is 0 Å². The molecule has 15 heavy (non-hydrogen) atoms. The molecule has 0 bridgehead atoms. The Hall–Kier alpha value is -0.130. The quantitative estimate of drug-likeness (QED) is 0.735. The second kappa shape index (κ2) is 4.80. The Labute approximate surface area is 107 Å². The highest BCUT2D eigenvalue weighted by molar-refractivity contribution is 9.11. The third-order valence-electron chi connectivity index (χ3n) is 2.62. The number of nitrogens with zero attached hydrogens (tertiary/aromatic N) is 3. The normalized spacial score (nSPS) is 18.2. The van der Waals surface area contributed by atoms with Gasteiger partial charge in [-0.1, -0.05) is 0 Å². The minimum Gasteiger partial charge on any atom is -0.369 e. The maximum atomic E-state index is 4.24. The topological polar surface area (TPSA) is 19.4 Å².